The van der Waals surface area contributed by atoms with Crippen molar-refractivity contribution in [3.63, 3.8) is 0 Å². The number of carbonyl (C=O) groups is 1. The van der Waals surface area contributed by atoms with Crippen molar-refractivity contribution in [1.29, 1.82) is 0 Å². The monoisotopic (exact) mass is 354 g/mol. The fourth-order valence-electron chi connectivity index (χ4n) is 4.13. The van der Waals surface area contributed by atoms with Gasteiger partial charge in [-0.1, -0.05) is 25.1 Å². The topological polar surface area (TPSA) is 32.3 Å². The number of hydrogen-bond donors (Lipinski definition) is 1. The molecule has 1 N–H and O–H groups in total. The summed E-state index contributed by atoms with van der Waals surface area (Å²) < 4.78 is 38.9. The highest BCUT2D eigenvalue weighted by atomic mass is 19.4. The van der Waals surface area contributed by atoms with Crippen LogP contribution in [0.2, 0.25) is 0 Å². The molecule has 2 fully saturated rings. The fourth-order valence-corrected chi connectivity index (χ4v) is 4.13. The summed E-state index contributed by atoms with van der Waals surface area (Å²) in [6.45, 7) is 5.32. The molecule has 138 valence electrons. The molecule has 2 aliphatic heterocycles. The lowest BCUT2D eigenvalue weighted by atomic mass is 9.77. The first-order valence-corrected chi connectivity index (χ1v) is 9.01. The minimum absolute atomic E-state index is 0.0392. The number of amides is 1. The van der Waals surface area contributed by atoms with Crippen molar-refractivity contribution in [3.05, 3.63) is 35.4 Å². The van der Waals surface area contributed by atoms with E-state index in [9.17, 15) is 18.0 Å². The van der Waals surface area contributed by atoms with Crippen molar-refractivity contribution in [1.82, 2.24) is 10.2 Å². The Morgan fingerprint density at radius 3 is 2.56 bits per heavy atom. The van der Waals surface area contributed by atoms with Crippen LogP contribution in [0.4, 0.5) is 13.2 Å². The maximum Gasteiger partial charge on any atom is 0.416 e. The molecular weight excluding hydrogens is 329 g/mol. The number of nitrogens with zero attached hydrogens (tertiary/aromatic N) is 1. The molecule has 0 saturated carbocycles. The molecule has 3 rings (SSSR count). The molecule has 3 nitrogen and oxygen atoms in total. The minimum Gasteiger partial charge on any atom is -0.342 e. The first kappa shape index (κ1) is 18.2. The zero-order chi connectivity index (χ0) is 18.1. The number of carbonyl (C=O) groups excluding carboxylic acids is 1. The molecule has 0 aromatic heterocycles. The third-order valence-electron chi connectivity index (χ3n) is 5.79. The molecule has 25 heavy (non-hydrogen) atoms. The maximum atomic E-state index is 13.0. The summed E-state index contributed by atoms with van der Waals surface area (Å²) in [4.78, 5) is 14.8. The van der Waals surface area contributed by atoms with Gasteiger partial charge in [0.25, 0.3) is 0 Å². The maximum absolute atomic E-state index is 13.0. The zero-order valence-electron chi connectivity index (χ0n) is 14.5. The Morgan fingerprint density at radius 1 is 1.28 bits per heavy atom. The van der Waals surface area contributed by atoms with Gasteiger partial charge in [-0.05, 0) is 49.3 Å². The molecule has 2 saturated heterocycles. The third kappa shape index (κ3) is 3.84. The Kier molecular flexibility index (Phi) is 5.09. The summed E-state index contributed by atoms with van der Waals surface area (Å²) in [5.41, 5.74) is 0.0883. The third-order valence-corrected chi connectivity index (χ3v) is 5.79. The van der Waals surface area contributed by atoms with E-state index in [1.165, 1.54) is 6.07 Å². The summed E-state index contributed by atoms with van der Waals surface area (Å²) in [5, 5.41) is 3.40. The van der Waals surface area contributed by atoms with Crippen molar-refractivity contribution in [2.24, 2.45) is 5.41 Å². The average Bonchev–Trinajstić information content (AvgIpc) is 3.04. The van der Waals surface area contributed by atoms with Crippen molar-refractivity contribution >= 4 is 5.91 Å². The van der Waals surface area contributed by atoms with Crippen molar-refractivity contribution in [2.75, 3.05) is 26.2 Å². The fraction of sp³-hybridized carbons (Fsp3) is 0.632. The van der Waals surface area contributed by atoms with Crippen LogP contribution in [0.25, 0.3) is 0 Å². The van der Waals surface area contributed by atoms with Gasteiger partial charge >= 0.3 is 6.18 Å². The molecule has 0 bridgehead atoms. The highest BCUT2D eigenvalue weighted by molar-refractivity contribution is 5.83. The number of rotatable bonds is 3. The molecule has 2 aliphatic rings. The van der Waals surface area contributed by atoms with Crippen molar-refractivity contribution < 1.29 is 18.0 Å². The van der Waals surface area contributed by atoms with Crippen LogP contribution in [0.15, 0.2) is 24.3 Å². The van der Waals surface area contributed by atoms with Gasteiger partial charge in [-0.15, -0.1) is 0 Å². The number of halogens is 3. The number of alkyl halides is 3. The van der Waals surface area contributed by atoms with Crippen LogP contribution in [0.1, 0.15) is 49.7 Å². The normalized spacial score (nSPS) is 21.5. The second kappa shape index (κ2) is 6.98. The van der Waals surface area contributed by atoms with Gasteiger partial charge in [0.1, 0.15) is 0 Å². The van der Waals surface area contributed by atoms with Gasteiger partial charge < -0.3 is 10.2 Å². The number of benzene rings is 1. The van der Waals surface area contributed by atoms with E-state index in [0.717, 1.165) is 44.5 Å². The molecule has 0 aliphatic carbocycles. The van der Waals surface area contributed by atoms with Gasteiger partial charge in [0.2, 0.25) is 5.91 Å². The first-order valence-electron chi connectivity index (χ1n) is 9.01. The molecule has 1 unspecified atom stereocenters. The van der Waals surface area contributed by atoms with E-state index in [2.05, 4.69) is 5.32 Å². The molecule has 1 aromatic carbocycles. The lowest BCUT2D eigenvalue weighted by molar-refractivity contribution is -0.138. The second-order valence-electron chi connectivity index (χ2n) is 7.34. The molecule has 6 heteroatoms. The largest absolute Gasteiger partial charge is 0.416 e. The molecule has 1 aromatic rings. The molecule has 1 amide bonds. The van der Waals surface area contributed by atoms with E-state index in [0.29, 0.717) is 30.5 Å². The molecule has 1 spiro atoms. The van der Waals surface area contributed by atoms with Gasteiger partial charge in [-0.25, -0.2) is 0 Å². The van der Waals surface area contributed by atoms with Gasteiger partial charge in [0.15, 0.2) is 0 Å². The Balaban J connectivity index is 1.72. The predicted octanol–water partition coefficient (Wildman–Crippen LogP) is 3.80. The van der Waals surface area contributed by atoms with E-state index in [-0.39, 0.29) is 5.91 Å². The van der Waals surface area contributed by atoms with Crippen LogP contribution >= 0.6 is 0 Å². The van der Waals surface area contributed by atoms with Crippen LogP contribution in [-0.4, -0.2) is 37.0 Å². The van der Waals surface area contributed by atoms with Crippen LogP contribution in [0.3, 0.4) is 0 Å². The Morgan fingerprint density at radius 2 is 2.00 bits per heavy atom. The Labute approximate surface area is 146 Å². The Bertz CT molecular complexity index is 613. The van der Waals surface area contributed by atoms with Crippen LogP contribution in [-0.2, 0) is 11.0 Å². The predicted molar refractivity (Wildman–Crippen MR) is 90.2 cm³/mol. The quantitative estimate of drug-likeness (QED) is 0.895. The second-order valence-corrected chi connectivity index (χ2v) is 7.34. The summed E-state index contributed by atoms with van der Waals surface area (Å²) >= 11 is 0. The SMILES string of the molecule is CCC(C(=O)N1CCC2(CCNC2)CC1)c1cccc(C(F)(F)F)c1. The summed E-state index contributed by atoms with van der Waals surface area (Å²) in [7, 11) is 0. The average molecular weight is 354 g/mol. The lowest BCUT2D eigenvalue weighted by Gasteiger charge is -2.40. The van der Waals surface area contributed by atoms with Crippen LogP contribution in [0, 0.1) is 5.41 Å². The molecule has 1 atom stereocenters. The van der Waals surface area contributed by atoms with Crippen molar-refractivity contribution in [3.8, 4) is 0 Å². The van der Waals surface area contributed by atoms with E-state index < -0.39 is 17.7 Å². The smallest absolute Gasteiger partial charge is 0.342 e. The van der Waals surface area contributed by atoms with E-state index in [1.54, 1.807) is 6.07 Å². The van der Waals surface area contributed by atoms with Crippen LogP contribution < -0.4 is 5.32 Å². The Hall–Kier alpha value is -1.56. The highest BCUT2D eigenvalue weighted by Gasteiger charge is 2.39. The highest BCUT2D eigenvalue weighted by Crippen LogP contribution is 2.38. The number of nitrogens with one attached hydrogen (secondary N) is 1. The standard InChI is InChI=1S/C19H25F3N2O/c1-2-16(14-4-3-5-15(12-14)19(20,21)22)17(25)24-10-7-18(8-11-24)6-9-23-13-18/h3-5,12,16,23H,2,6-11,13H2,1H3. The number of hydrogen-bond acceptors (Lipinski definition) is 2. The minimum atomic E-state index is -4.38. The zero-order valence-corrected chi connectivity index (χ0v) is 14.5. The van der Waals surface area contributed by atoms with Gasteiger partial charge in [-0.3, -0.25) is 4.79 Å². The van der Waals surface area contributed by atoms with Crippen molar-refractivity contribution in [2.45, 2.75) is 44.7 Å². The molecule has 0 radical (unpaired) electrons. The van der Waals surface area contributed by atoms with Gasteiger partial charge in [-0.2, -0.15) is 13.2 Å². The molecular formula is C19H25F3N2O. The van der Waals surface area contributed by atoms with Gasteiger partial charge in [0, 0.05) is 19.6 Å². The van der Waals surface area contributed by atoms with Gasteiger partial charge in [0.05, 0.1) is 11.5 Å². The van der Waals surface area contributed by atoms with E-state index in [4.69, 9.17) is 0 Å². The summed E-state index contributed by atoms with van der Waals surface area (Å²) in [6, 6.07) is 5.20. The summed E-state index contributed by atoms with van der Waals surface area (Å²) in [6.07, 6.45) is -0.775. The lowest BCUT2D eigenvalue weighted by Crippen LogP contribution is -2.45. The van der Waals surface area contributed by atoms with Crippen LogP contribution in [0.5, 0.6) is 0 Å². The first-order chi connectivity index (χ1) is 11.8. The number of piperidine rings is 1. The van der Waals surface area contributed by atoms with E-state index >= 15 is 0 Å². The molecule has 2 heterocycles. The summed E-state index contributed by atoms with van der Waals surface area (Å²) in [5.74, 6) is -0.541. The number of likely N-dealkylation sites (tertiary alicyclic amines) is 1. The van der Waals surface area contributed by atoms with E-state index in [1.807, 2.05) is 11.8 Å².